The van der Waals surface area contributed by atoms with E-state index in [1.54, 1.807) is 28.8 Å². The molecule has 0 spiro atoms. The van der Waals surface area contributed by atoms with Crippen LogP contribution in [0, 0.1) is 0 Å². The summed E-state index contributed by atoms with van der Waals surface area (Å²) in [6, 6.07) is 13.7. The molecule has 1 amide bonds. The highest BCUT2D eigenvalue weighted by atomic mass is 35.5. The van der Waals surface area contributed by atoms with Crippen molar-refractivity contribution >= 4 is 76.2 Å². The molecule has 0 radical (unpaired) electrons. The van der Waals surface area contributed by atoms with Gasteiger partial charge in [-0.05, 0) is 43.0 Å². The molecular formula is C28H31Cl2N3O8S. The Hall–Kier alpha value is -3.29. The van der Waals surface area contributed by atoms with Gasteiger partial charge in [0.1, 0.15) is 0 Å². The number of thioether (sulfide) groups is 1. The van der Waals surface area contributed by atoms with Gasteiger partial charge in [-0.15, -0.1) is 11.8 Å². The van der Waals surface area contributed by atoms with Crippen molar-refractivity contribution in [3.8, 4) is 0 Å². The fourth-order valence-corrected chi connectivity index (χ4v) is 5.58. The summed E-state index contributed by atoms with van der Waals surface area (Å²) < 4.78 is 0. The Labute approximate surface area is 256 Å². The largest absolute Gasteiger partial charge is 0.481 e. The number of carboxylic acid groups (broad SMARTS) is 3. The smallest absolute Gasteiger partial charge is 0.336 e. The molecule has 0 bridgehead atoms. The fourth-order valence-electron chi connectivity index (χ4n) is 4.35. The molecule has 0 aliphatic carbocycles. The van der Waals surface area contributed by atoms with Gasteiger partial charge in [0.25, 0.3) is 5.91 Å². The molecule has 0 aromatic heterocycles. The number of halogens is 2. The molecule has 2 fully saturated rings. The number of para-hydroxylation sites is 1. The SMILES string of the molecule is CN1CCN(c2ccccc2C=C2SCCN(c3ccc(Cl)c(Cl)c3)C2=O)CC1.O=C(O)CC(O)(CC(=O)O)C(=O)O. The minimum atomic E-state index is -2.74. The minimum absolute atomic E-state index is 0.00724. The van der Waals surface area contributed by atoms with Crippen molar-refractivity contribution in [2.24, 2.45) is 0 Å². The van der Waals surface area contributed by atoms with E-state index in [0.717, 1.165) is 48.1 Å². The third kappa shape index (κ3) is 8.85. The van der Waals surface area contributed by atoms with Crippen molar-refractivity contribution in [3.63, 3.8) is 0 Å². The molecule has 2 saturated heterocycles. The van der Waals surface area contributed by atoms with Crippen LogP contribution in [0.15, 0.2) is 47.4 Å². The molecule has 226 valence electrons. The molecule has 11 nitrogen and oxygen atoms in total. The monoisotopic (exact) mass is 639 g/mol. The maximum absolute atomic E-state index is 13.2. The summed E-state index contributed by atoms with van der Waals surface area (Å²) in [4.78, 5) is 51.0. The number of anilines is 2. The molecule has 2 aromatic carbocycles. The summed E-state index contributed by atoms with van der Waals surface area (Å²) in [5.41, 5.74) is 0.317. The molecule has 2 heterocycles. The van der Waals surface area contributed by atoms with Crippen LogP contribution < -0.4 is 9.80 Å². The van der Waals surface area contributed by atoms with E-state index in [4.69, 9.17) is 43.6 Å². The molecule has 0 unspecified atom stereocenters. The lowest BCUT2D eigenvalue weighted by atomic mass is 9.96. The number of rotatable bonds is 8. The van der Waals surface area contributed by atoms with E-state index in [2.05, 4.69) is 35.0 Å². The fraction of sp³-hybridized carbons (Fsp3) is 0.357. The summed E-state index contributed by atoms with van der Waals surface area (Å²) in [5, 5.41) is 34.8. The third-order valence-corrected chi connectivity index (χ3v) is 8.33. The van der Waals surface area contributed by atoms with Crippen LogP contribution in [0.1, 0.15) is 18.4 Å². The van der Waals surface area contributed by atoms with Crippen LogP contribution in [0.3, 0.4) is 0 Å². The molecule has 0 atom stereocenters. The van der Waals surface area contributed by atoms with Crippen LogP contribution in [0.4, 0.5) is 11.4 Å². The summed E-state index contributed by atoms with van der Waals surface area (Å²) in [5.74, 6) is -4.17. The molecule has 14 heteroatoms. The van der Waals surface area contributed by atoms with Gasteiger partial charge in [-0.25, -0.2) is 4.79 Å². The second-order valence-electron chi connectivity index (χ2n) is 9.74. The minimum Gasteiger partial charge on any atom is -0.481 e. The quantitative estimate of drug-likeness (QED) is 0.312. The van der Waals surface area contributed by atoms with Crippen LogP contribution >= 0.6 is 35.0 Å². The number of aliphatic hydroxyl groups is 1. The number of aliphatic carboxylic acids is 3. The number of likely N-dealkylation sites (N-methyl/N-ethyl adjacent to an activating group) is 1. The van der Waals surface area contributed by atoms with Gasteiger partial charge in [0.05, 0.1) is 27.8 Å². The summed E-state index contributed by atoms with van der Waals surface area (Å²) in [6.45, 7) is 4.73. The van der Waals surface area contributed by atoms with E-state index < -0.39 is 36.4 Å². The van der Waals surface area contributed by atoms with Crippen LogP contribution in [-0.2, 0) is 19.2 Å². The first kappa shape index (κ1) is 33.2. The number of carbonyl (C=O) groups excluding carboxylic acids is 1. The third-order valence-electron chi connectivity index (χ3n) is 6.60. The Balaban J connectivity index is 0.000000316. The summed E-state index contributed by atoms with van der Waals surface area (Å²) in [6.07, 6.45) is -0.256. The number of hydrogen-bond donors (Lipinski definition) is 4. The topological polar surface area (TPSA) is 159 Å². The van der Waals surface area contributed by atoms with Crippen molar-refractivity contribution in [1.82, 2.24) is 4.90 Å². The van der Waals surface area contributed by atoms with Crippen molar-refractivity contribution in [2.45, 2.75) is 18.4 Å². The van der Waals surface area contributed by atoms with Gasteiger partial charge >= 0.3 is 17.9 Å². The van der Waals surface area contributed by atoms with Crippen LogP contribution in [0.2, 0.25) is 10.0 Å². The Kier molecular flexibility index (Phi) is 11.7. The van der Waals surface area contributed by atoms with Gasteiger partial charge < -0.3 is 35.1 Å². The zero-order valence-corrected chi connectivity index (χ0v) is 25.0. The average molecular weight is 641 g/mol. The highest BCUT2D eigenvalue weighted by Gasteiger charge is 2.40. The highest BCUT2D eigenvalue weighted by Crippen LogP contribution is 2.34. The van der Waals surface area contributed by atoms with E-state index in [9.17, 15) is 19.2 Å². The maximum Gasteiger partial charge on any atom is 0.336 e. The standard InChI is InChI=1S/C22H23Cl2N3OS.C6H8O7/c1-25-8-10-26(11-9-25)20-5-3-2-4-16(20)14-21-22(28)27(12-13-29-21)17-6-7-18(23)19(24)15-17;7-3(8)1-6(13,5(11)12)2-4(9)10/h2-7,14-15H,8-13H2,1H3;13H,1-2H2,(H,7,8)(H,9,10)(H,11,12). The van der Waals surface area contributed by atoms with E-state index >= 15 is 0 Å². The molecule has 4 rings (SSSR count). The van der Waals surface area contributed by atoms with Gasteiger partial charge in [-0.3, -0.25) is 14.4 Å². The summed E-state index contributed by atoms with van der Waals surface area (Å²) >= 11 is 13.8. The number of piperazine rings is 1. The predicted molar refractivity (Wildman–Crippen MR) is 162 cm³/mol. The number of amides is 1. The highest BCUT2D eigenvalue weighted by molar-refractivity contribution is 8.04. The Morgan fingerprint density at radius 1 is 0.929 bits per heavy atom. The lowest BCUT2D eigenvalue weighted by molar-refractivity contribution is -0.170. The molecule has 42 heavy (non-hydrogen) atoms. The van der Waals surface area contributed by atoms with Crippen molar-refractivity contribution in [2.75, 3.05) is 55.3 Å². The zero-order valence-electron chi connectivity index (χ0n) is 22.7. The van der Waals surface area contributed by atoms with E-state index in [1.165, 1.54) is 5.69 Å². The molecule has 2 aliphatic heterocycles. The molecule has 2 aromatic rings. The van der Waals surface area contributed by atoms with Crippen molar-refractivity contribution in [3.05, 3.63) is 63.0 Å². The van der Waals surface area contributed by atoms with Gasteiger partial charge in [0.2, 0.25) is 0 Å². The number of benzene rings is 2. The van der Waals surface area contributed by atoms with E-state index in [0.29, 0.717) is 16.6 Å². The first-order chi connectivity index (χ1) is 19.8. The van der Waals surface area contributed by atoms with E-state index in [1.807, 2.05) is 18.2 Å². The second-order valence-corrected chi connectivity index (χ2v) is 11.7. The number of carboxylic acids is 3. The molecule has 4 N–H and O–H groups in total. The number of carbonyl (C=O) groups is 4. The van der Waals surface area contributed by atoms with Gasteiger partial charge in [0, 0.05) is 49.9 Å². The van der Waals surface area contributed by atoms with Crippen molar-refractivity contribution < 1.29 is 39.6 Å². The second kappa shape index (κ2) is 14.7. The number of nitrogens with zero attached hydrogens (tertiary/aromatic N) is 3. The van der Waals surface area contributed by atoms with Gasteiger partial charge in [0.15, 0.2) is 5.60 Å². The maximum atomic E-state index is 13.2. The van der Waals surface area contributed by atoms with Crippen molar-refractivity contribution in [1.29, 1.82) is 0 Å². The first-order valence-corrected chi connectivity index (χ1v) is 14.6. The predicted octanol–water partition coefficient (Wildman–Crippen LogP) is 3.62. The normalized spacial score (nSPS) is 17.0. The molecular weight excluding hydrogens is 609 g/mol. The van der Waals surface area contributed by atoms with Crippen LogP contribution in [0.5, 0.6) is 0 Å². The average Bonchev–Trinajstić information content (AvgIpc) is 2.92. The van der Waals surface area contributed by atoms with Gasteiger partial charge in [-0.1, -0.05) is 41.4 Å². The first-order valence-electron chi connectivity index (χ1n) is 12.8. The van der Waals surface area contributed by atoms with Crippen LogP contribution in [-0.4, -0.2) is 100 Å². The van der Waals surface area contributed by atoms with Crippen LogP contribution in [0.25, 0.3) is 6.08 Å². The van der Waals surface area contributed by atoms with E-state index in [-0.39, 0.29) is 5.91 Å². The molecule has 0 saturated carbocycles. The summed E-state index contributed by atoms with van der Waals surface area (Å²) in [7, 11) is 2.15. The lowest BCUT2D eigenvalue weighted by Crippen LogP contribution is -2.44. The number of hydrogen-bond acceptors (Lipinski definition) is 8. The lowest BCUT2D eigenvalue weighted by Gasteiger charge is -2.35. The Morgan fingerprint density at radius 2 is 1.55 bits per heavy atom. The Bertz CT molecular complexity index is 1350. The van der Waals surface area contributed by atoms with Gasteiger partial charge in [-0.2, -0.15) is 0 Å². The Morgan fingerprint density at radius 3 is 2.12 bits per heavy atom. The molecule has 2 aliphatic rings. The zero-order chi connectivity index (χ0) is 31.0.